The minimum Gasteiger partial charge on any atom is -0.426 e. The number of hydrogen-bond donors (Lipinski definition) is 1. The third-order valence-electron chi connectivity index (χ3n) is 4.12. The molecule has 0 aliphatic heterocycles. The molecule has 0 aliphatic carbocycles. The first-order valence-electron chi connectivity index (χ1n) is 8.03. The van der Waals surface area contributed by atoms with E-state index in [2.05, 4.69) is 0 Å². The molecule has 4 rings (SSSR count). The lowest BCUT2D eigenvalue weighted by Crippen LogP contribution is -1.97. The molecule has 5 heteroatoms. The van der Waals surface area contributed by atoms with Crippen LogP contribution in [0.15, 0.2) is 78.9 Å². The SMILES string of the molecule is On1c(-c2ccc(Cl)cc2Cl)nc(-c2ccccc2)c1-c1ccccc1. The van der Waals surface area contributed by atoms with Crippen LogP contribution >= 0.6 is 23.2 Å². The molecule has 0 fully saturated rings. The molecule has 1 N–H and O–H groups in total. The lowest BCUT2D eigenvalue weighted by atomic mass is 10.1. The molecule has 1 heterocycles. The predicted molar refractivity (Wildman–Crippen MR) is 106 cm³/mol. The highest BCUT2D eigenvalue weighted by atomic mass is 35.5. The second-order valence-corrected chi connectivity index (χ2v) is 6.64. The highest BCUT2D eigenvalue weighted by molar-refractivity contribution is 6.36. The second kappa shape index (κ2) is 6.87. The van der Waals surface area contributed by atoms with Crippen molar-refractivity contribution in [2.75, 3.05) is 0 Å². The summed E-state index contributed by atoms with van der Waals surface area (Å²) in [5, 5.41) is 11.9. The van der Waals surface area contributed by atoms with Crippen molar-refractivity contribution in [1.29, 1.82) is 0 Å². The summed E-state index contributed by atoms with van der Waals surface area (Å²) < 4.78 is 1.09. The fourth-order valence-corrected chi connectivity index (χ4v) is 3.40. The van der Waals surface area contributed by atoms with E-state index >= 15 is 0 Å². The zero-order chi connectivity index (χ0) is 18.1. The summed E-state index contributed by atoms with van der Waals surface area (Å²) in [5.74, 6) is 0.365. The van der Waals surface area contributed by atoms with E-state index in [4.69, 9.17) is 28.2 Å². The van der Waals surface area contributed by atoms with E-state index in [0.717, 1.165) is 15.9 Å². The van der Waals surface area contributed by atoms with Gasteiger partial charge < -0.3 is 5.21 Å². The van der Waals surface area contributed by atoms with Crippen LogP contribution in [-0.2, 0) is 0 Å². The largest absolute Gasteiger partial charge is 0.426 e. The van der Waals surface area contributed by atoms with E-state index in [-0.39, 0.29) is 0 Å². The summed E-state index contributed by atoms with van der Waals surface area (Å²) in [7, 11) is 0. The number of halogens is 2. The quantitative estimate of drug-likeness (QED) is 0.416. The van der Waals surface area contributed by atoms with Crippen LogP contribution in [0, 0.1) is 0 Å². The molecule has 128 valence electrons. The van der Waals surface area contributed by atoms with Crippen LogP contribution < -0.4 is 0 Å². The summed E-state index contributed by atoms with van der Waals surface area (Å²) in [4.78, 5) is 4.70. The molecule has 0 spiro atoms. The third kappa shape index (κ3) is 2.96. The maximum Gasteiger partial charge on any atom is 0.178 e. The van der Waals surface area contributed by atoms with E-state index < -0.39 is 0 Å². The zero-order valence-corrected chi connectivity index (χ0v) is 15.1. The van der Waals surface area contributed by atoms with Gasteiger partial charge in [-0.05, 0) is 18.2 Å². The number of imidazole rings is 1. The number of benzene rings is 3. The molecule has 4 aromatic rings. The summed E-state index contributed by atoms with van der Waals surface area (Å²) in [6, 6.07) is 24.5. The Morgan fingerprint density at radius 3 is 2.00 bits per heavy atom. The van der Waals surface area contributed by atoms with Crippen LogP contribution in [0.5, 0.6) is 0 Å². The molecular formula is C21H14Cl2N2O. The fraction of sp³-hybridized carbons (Fsp3) is 0. The number of nitrogens with zero attached hydrogens (tertiary/aromatic N) is 2. The highest BCUT2D eigenvalue weighted by Gasteiger charge is 2.22. The molecule has 0 radical (unpaired) electrons. The average Bonchev–Trinajstić information content (AvgIpc) is 3.00. The Morgan fingerprint density at radius 1 is 0.769 bits per heavy atom. The molecule has 3 nitrogen and oxygen atoms in total. The van der Waals surface area contributed by atoms with E-state index in [1.807, 2.05) is 60.7 Å². The second-order valence-electron chi connectivity index (χ2n) is 5.80. The average molecular weight is 381 g/mol. The van der Waals surface area contributed by atoms with Crippen LogP contribution in [0.2, 0.25) is 10.0 Å². The minimum atomic E-state index is 0.365. The lowest BCUT2D eigenvalue weighted by Gasteiger charge is -2.07. The zero-order valence-electron chi connectivity index (χ0n) is 13.6. The highest BCUT2D eigenvalue weighted by Crippen LogP contribution is 2.37. The molecule has 26 heavy (non-hydrogen) atoms. The van der Waals surface area contributed by atoms with Crippen molar-refractivity contribution < 1.29 is 5.21 Å². The van der Waals surface area contributed by atoms with Crippen molar-refractivity contribution >= 4 is 23.2 Å². The Morgan fingerprint density at radius 2 is 1.38 bits per heavy atom. The Hall–Kier alpha value is -2.75. The van der Waals surface area contributed by atoms with Gasteiger partial charge in [0.1, 0.15) is 11.4 Å². The normalized spacial score (nSPS) is 10.8. The maximum atomic E-state index is 10.9. The van der Waals surface area contributed by atoms with Crippen LogP contribution in [-0.4, -0.2) is 14.9 Å². The van der Waals surface area contributed by atoms with Gasteiger partial charge in [0.15, 0.2) is 5.82 Å². The van der Waals surface area contributed by atoms with E-state index in [9.17, 15) is 5.21 Å². The van der Waals surface area contributed by atoms with Gasteiger partial charge in [0.05, 0.1) is 5.02 Å². The van der Waals surface area contributed by atoms with Crippen molar-refractivity contribution in [3.63, 3.8) is 0 Å². The first-order chi connectivity index (χ1) is 12.6. The van der Waals surface area contributed by atoms with Gasteiger partial charge in [-0.15, -0.1) is 0 Å². The van der Waals surface area contributed by atoms with Gasteiger partial charge in [-0.2, -0.15) is 4.73 Å². The van der Waals surface area contributed by atoms with Crippen LogP contribution in [0.25, 0.3) is 33.9 Å². The maximum absolute atomic E-state index is 10.9. The smallest absolute Gasteiger partial charge is 0.178 e. The van der Waals surface area contributed by atoms with Crippen molar-refractivity contribution in [3.8, 4) is 33.9 Å². The van der Waals surface area contributed by atoms with Crippen molar-refractivity contribution in [2.45, 2.75) is 0 Å². The van der Waals surface area contributed by atoms with Crippen molar-refractivity contribution in [2.24, 2.45) is 0 Å². The van der Waals surface area contributed by atoms with Crippen molar-refractivity contribution in [1.82, 2.24) is 9.71 Å². The Bertz CT molecular complexity index is 1060. The van der Waals surface area contributed by atoms with Gasteiger partial charge in [-0.25, -0.2) is 4.98 Å². The summed E-state index contributed by atoms with van der Waals surface area (Å²) in [6.07, 6.45) is 0. The standard InChI is InChI=1S/C21H14Cl2N2O/c22-16-11-12-17(18(23)13-16)21-24-19(14-7-3-1-4-8-14)20(25(21)26)15-9-5-2-6-10-15/h1-13,26H. The molecule has 0 atom stereocenters. The lowest BCUT2D eigenvalue weighted by molar-refractivity contribution is 0.195. The van der Waals surface area contributed by atoms with E-state index in [1.165, 1.54) is 0 Å². The molecule has 0 bridgehead atoms. The van der Waals surface area contributed by atoms with Gasteiger partial charge in [-0.3, -0.25) is 0 Å². The first kappa shape index (κ1) is 16.7. The van der Waals surface area contributed by atoms with Gasteiger partial charge in [0.2, 0.25) is 0 Å². The van der Waals surface area contributed by atoms with Crippen LogP contribution in [0.1, 0.15) is 0 Å². The monoisotopic (exact) mass is 380 g/mol. The molecule has 1 aromatic heterocycles. The van der Waals surface area contributed by atoms with E-state index in [0.29, 0.717) is 32.8 Å². The summed E-state index contributed by atoms with van der Waals surface area (Å²) in [6.45, 7) is 0. The van der Waals surface area contributed by atoms with Crippen LogP contribution in [0.3, 0.4) is 0 Å². The number of hydrogen-bond acceptors (Lipinski definition) is 2. The van der Waals surface area contributed by atoms with Gasteiger partial charge in [0.25, 0.3) is 0 Å². The predicted octanol–water partition coefficient (Wildman–Crippen LogP) is 6.43. The third-order valence-corrected chi connectivity index (χ3v) is 4.67. The van der Waals surface area contributed by atoms with Crippen molar-refractivity contribution in [3.05, 3.63) is 88.9 Å². The summed E-state index contributed by atoms with van der Waals surface area (Å²) in [5.41, 5.74) is 3.67. The van der Waals surface area contributed by atoms with Gasteiger partial charge >= 0.3 is 0 Å². The Kier molecular flexibility index (Phi) is 4.41. The molecule has 0 aliphatic rings. The number of aromatic nitrogens is 2. The van der Waals surface area contributed by atoms with Crippen LogP contribution in [0.4, 0.5) is 0 Å². The Labute approximate surface area is 161 Å². The fourth-order valence-electron chi connectivity index (χ4n) is 2.91. The number of rotatable bonds is 3. The molecule has 3 aromatic carbocycles. The first-order valence-corrected chi connectivity index (χ1v) is 8.79. The molecule has 0 amide bonds. The van der Waals surface area contributed by atoms with Gasteiger partial charge in [-0.1, -0.05) is 83.9 Å². The van der Waals surface area contributed by atoms with E-state index in [1.54, 1.807) is 18.2 Å². The summed E-state index contributed by atoms with van der Waals surface area (Å²) >= 11 is 12.3. The molecule has 0 saturated carbocycles. The minimum absolute atomic E-state index is 0.365. The molecular weight excluding hydrogens is 367 g/mol. The Balaban J connectivity index is 1.99. The van der Waals surface area contributed by atoms with Gasteiger partial charge in [0, 0.05) is 21.7 Å². The molecule has 0 saturated heterocycles. The molecule has 0 unspecified atom stereocenters. The topological polar surface area (TPSA) is 38.0 Å².